The van der Waals surface area contributed by atoms with Gasteiger partial charge in [-0.3, -0.25) is 4.98 Å². The molecule has 0 fully saturated rings. The molecule has 1 unspecified atom stereocenters. The Labute approximate surface area is 124 Å². The van der Waals surface area contributed by atoms with Crippen LogP contribution in [0.25, 0.3) is 21.9 Å². The van der Waals surface area contributed by atoms with Gasteiger partial charge in [0.25, 0.3) is 0 Å². The maximum atomic E-state index is 5.64. The van der Waals surface area contributed by atoms with Crippen molar-refractivity contribution in [1.29, 1.82) is 0 Å². The average molecular weight is 332 g/mol. The van der Waals surface area contributed by atoms with Crippen molar-refractivity contribution in [3.63, 3.8) is 0 Å². The number of halogens is 1. The molecule has 3 heterocycles. The average Bonchev–Trinajstić information content (AvgIpc) is 2.72. The van der Waals surface area contributed by atoms with Crippen molar-refractivity contribution in [3.05, 3.63) is 34.7 Å². The van der Waals surface area contributed by atoms with E-state index >= 15 is 0 Å². The molecule has 102 valence electrons. The highest BCUT2D eigenvalue weighted by atomic mass is 79.9. The summed E-state index contributed by atoms with van der Waals surface area (Å²) >= 11 is 3.50. The Balaban J connectivity index is 2.12. The number of nitrogens with zero attached hydrogens (tertiary/aromatic N) is 3. The van der Waals surface area contributed by atoms with Crippen molar-refractivity contribution in [2.75, 3.05) is 6.61 Å². The van der Waals surface area contributed by atoms with Crippen molar-refractivity contribution < 1.29 is 4.74 Å². The predicted octanol–water partition coefficient (Wildman–Crippen LogP) is 3.83. The van der Waals surface area contributed by atoms with Crippen molar-refractivity contribution in [2.24, 2.45) is 0 Å². The molecule has 0 saturated carbocycles. The first kappa shape index (κ1) is 12.3. The molecule has 2 aromatic heterocycles. The van der Waals surface area contributed by atoms with Crippen LogP contribution in [-0.2, 0) is 11.3 Å². The molecule has 0 bridgehead atoms. The molecule has 5 heteroatoms. The van der Waals surface area contributed by atoms with Crippen LogP contribution in [0.3, 0.4) is 0 Å². The minimum atomic E-state index is 0.395. The van der Waals surface area contributed by atoms with Crippen LogP contribution in [0.5, 0.6) is 0 Å². The molecule has 1 aliphatic heterocycles. The zero-order valence-electron chi connectivity index (χ0n) is 11.1. The second kappa shape index (κ2) is 4.53. The number of rotatable bonds is 0. The number of hydrogen-bond acceptors (Lipinski definition) is 3. The normalized spacial score (nSPS) is 19.2. The second-order valence-corrected chi connectivity index (χ2v) is 6.16. The largest absolute Gasteiger partial charge is 0.373 e. The van der Waals surface area contributed by atoms with Crippen LogP contribution in [0.4, 0.5) is 0 Å². The van der Waals surface area contributed by atoms with Crippen molar-refractivity contribution >= 4 is 37.9 Å². The Bertz CT molecular complexity index is 812. The maximum Gasteiger partial charge on any atom is 0.136 e. The molecule has 0 amide bonds. The van der Waals surface area contributed by atoms with Gasteiger partial charge < -0.3 is 9.30 Å². The SMILES string of the molecule is CC1CCOCc2nc3cnc4cc(Br)ccc4c3n21. The molecule has 4 nitrogen and oxygen atoms in total. The number of fused-ring (bicyclic) bond motifs is 5. The van der Waals surface area contributed by atoms with E-state index in [4.69, 9.17) is 9.72 Å². The maximum absolute atomic E-state index is 5.64. The highest BCUT2D eigenvalue weighted by molar-refractivity contribution is 9.10. The smallest absolute Gasteiger partial charge is 0.136 e. The van der Waals surface area contributed by atoms with Crippen LogP contribution in [0.15, 0.2) is 28.9 Å². The van der Waals surface area contributed by atoms with E-state index in [2.05, 4.69) is 44.5 Å². The summed E-state index contributed by atoms with van der Waals surface area (Å²) in [5.74, 6) is 1.00. The summed E-state index contributed by atoms with van der Waals surface area (Å²) in [5, 5.41) is 1.15. The Kier molecular flexibility index (Phi) is 2.79. The number of benzene rings is 1. The van der Waals surface area contributed by atoms with Gasteiger partial charge in [0.05, 0.1) is 17.2 Å². The molecule has 0 radical (unpaired) electrons. The van der Waals surface area contributed by atoms with Crippen LogP contribution >= 0.6 is 15.9 Å². The van der Waals surface area contributed by atoms with Gasteiger partial charge in [0.2, 0.25) is 0 Å². The van der Waals surface area contributed by atoms with E-state index in [1.165, 1.54) is 5.52 Å². The molecule has 1 aliphatic rings. The van der Waals surface area contributed by atoms with Gasteiger partial charge >= 0.3 is 0 Å². The molecular weight excluding hydrogens is 318 g/mol. The third kappa shape index (κ3) is 1.77. The fraction of sp³-hybridized carbons (Fsp3) is 0.333. The first-order valence-electron chi connectivity index (χ1n) is 6.77. The summed E-state index contributed by atoms with van der Waals surface area (Å²) < 4.78 is 9.01. The quantitative estimate of drug-likeness (QED) is 0.628. The lowest BCUT2D eigenvalue weighted by atomic mass is 10.1. The molecule has 0 spiro atoms. The zero-order chi connectivity index (χ0) is 13.7. The molecule has 0 aliphatic carbocycles. The van der Waals surface area contributed by atoms with Gasteiger partial charge in [-0.05, 0) is 31.5 Å². The number of hydrogen-bond donors (Lipinski definition) is 0. The van der Waals surface area contributed by atoms with Gasteiger partial charge in [0, 0.05) is 22.5 Å². The molecule has 0 N–H and O–H groups in total. The Morgan fingerprint density at radius 3 is 3.15 bits per heavy atom. The summed E-state index contributed by atoms with van der Waals surface area (Å²) in [6.07, 6.45) is 2.87. The van der Waals surface area contributed by atoms with E-state index in [0.29, 0.717) is 12.6 Å². The predicted molar refractivity (Wildman–Crippen MR) is 81.7 cm³/mol. The van der Waals surface area contributed by atoms with E-state index in [-0.39, 0.29) is 0 Å². The highest BCUT2D eigenvalue weighted by Crippen LogP contribution is 2.31. The third-order valence-corrected chi connectivity index (χ3v) is 4.40. The van der Waals surface area contributed by atoms with E-state index in [1.54, 1.807) is 0 Å². The van der Waals surface area contributed by atoms with Crippen LogP contribution in [0.1, 0.15) is 25.2 Å². The lowest BCUT2D eigenvalue weighted by molar-refractivity contribution is 0.120. The molecule has 1 aromatic carbocycles. The van der Waals surface area contributed by atoms with E-state index < -0.39 is 0 Å². The summed E-state index contributed by atoms with van der Waals surface area (Å²) in [7, 11) is 0. The highest BCUT2D eigenvalue weighted by Gasteiger charge is 2.20. The Morgan fingerprint density at radius 2 is 2.25 bits per heavy atom. The van der Waals surface area contributed by atoms with E-state index in [0.717, 1.165) is 39.7 Å². The Morgan fingerprint density at radius 1 is 1.35 bits per heavy atom. The summed E-state index contributed by atoms with van der Waals surface area (Å²) in [6, 6.07) is 6.61. The fourth-order valence-corrected chi connectivity index (χ4v) is 3.27. The van der Waals surface area contributed by atoms with Gasteiger partial charge in [0.15, 0.2) is 0 Å². The monoisotopic (exact) mass is 331 g/mol. The number of aromatic nitrogens is 3. The van der Waals surface area contributed by atoms with Gasteiger partial charge in [-0.1, -0.05) is 15.9 Å². The van der Waals surface area contributed by atoms with Gasteiger partial charge in [-0.15, -0.1) is 0 Å². The van der Waals surface area contributed by atoms with Crippen LogP contribution in [-0.4, -0.2) is 21.1 Å². The topological polar surface area (TPSA) is 39.9 Å². The second-order valence-electron chi connectivity index (χ2n) is 5.24. The lowest BCUT2D eigenvalue weighted by Gasteiger charge is -2.14. The van der Waals surface area contributed by atoms with E-state index in [9.17, 15) is 0 Å². The molecule has 3 aromatic rings. The van der Waals surface area contributed by atoms with Crippen molar-refractivity contribution in [1.82, 2.24) is 14.5 Å². The van der Waals surface area contributed by atoms with E-state index in [1.807, 2.05) is 12.3 Å². The zero-order valence-corrected chi connectivity index (χ0v) is 12.7. The standard InChI is InChI=1S/C15H14BrN3O/c1-9-4-5-20-8-14-18-13-7-17-12-6-10(16)2-3-11(12)15(13)19(9)14/h2-3,6-7,9H,4-5,8H2,1H3. The minimum absolute atomic E-state index is 0.395. The molecule has 0 saturated heterocycles. The fourth-order valence-electron chi connectivity index (χ4n) is 2.92. The summed E-state index contributed by atoms with van der Waals surface area (Å²) in [4.78, 5) is 9.22. The first-order valence-corrected chi connectivity index (χ1v) is 7.56. The summed E-state index contributed by atoms with van der Waals surface area (Å²) in [6.45, 7) is 3.60. The third-order valence-electron chi connectivity index (χ3n) is 3.90. The van der Waals surface area contributed by atoms with Crippen LogP contribution < -0.4 is 0 Å². The molecule has 20 heavy (non-hydrogen) atoms. The van der Waals surface area contributed by atoms with Crippen LogP contribution in [0, 0.1) is 0 Å². The molecule has 4 rings (SSSR count). The minimum Gasteiger partial charge on any atom is -0.373 e. The van der Waals surface area contributed by atoms with Gasteiger partial charge in [-0.2, -0.15) is 0 Å². The number of imidazole rings is 1. The van der Waals surface area contributed by atoms with Crippen LogP contribution in [0.2, 0.25) is 0 Å². The summed E-state index contributed by atoms with van der Waals surface area (Å²) in [5.41, 5.74) is 3.12. The Hall–Kier alpha value is -1.46. The first-order chi connectivity index (χ1) is 9.74. The number of pyridine rings is 1. The lowest BCUT2D eigenvalue weighted by Crippen LogP contribution is -2.07. The molecular formula is C15H14BrN3O. The van der Waals surface area contributed by atoms with Crippen molar-refractivity contribution in [3.8, 4) is 0 Å². The van der Waals surface area contributed by atoms with Gasteiger partial charge in [0.1, 0.15) is 17.9 Å². The van der Waals surface area contributed by atoms with Gasteiger partial charge in [-0.25, -0.2) is 4.98 Å². The molecule has 1 atom stereocenters. The number of ether oxygens (including phenoxy) is 1. The van der Waals surface area contributed by atoms with Crippen molar-refractivity contribution in [2.45, 2.75) is 26.0 Å².